The number of rotatable bonds is 7. The van der Waals surface area contributed by atoms with Crippen molar-refractivity contribution in [3.63, 3.8) is 0 Å². The zero-order valence-corrected chi connectivity index (χ0v) is 14.2. The minimum Gasteiger partial charge on any atom is -0.355 e. The van der Waals surface area contributed by atoms with Crippen LogP contribution in [0.5, 0.6) is 0 Å². The van der Waals surface area contributed by atoms with Gasteiger partial charge in [0.05, 0.1) is 12.2 Å². The molecular formula is C18H26N4O2. The summed E-state index contributed by atoms with van der Waals surface area (Å²) in [5, 5.41) is 5.91. The van der Waals surface area contributed by atoms with E-state index in [-0.39, 0.29) is 17.9 Å². The first-order valence-electron chi connectivity index (χ1n) is 8.56. The fourth-order valence-electron chi connectivity index (χ4n) is 2.64. The number of aromatic nitrogens is 1. The van der Waals surface area contributed by atoms with Crippen molar-refractivity contribution in [2.45, 2.75) is 32.2 Å². The molecule has 1 aliphatic heterocycles. The zero-order valence-electron chi connectivity index (χ0n) is 14.2. The number of hydrogen-bond acceptors (Lipinski definition) is 4. The van der Waals surface area contributed by atoms with Gasteiger partial charge in [-0.15, -0.1) is 0 Å². The Hall–Kier alpha value is -2.21. The highest BCUT2D eigenvalue weighted by molar-refractivity contribution is 5.91. The molecule has 24 heavy (non-hydrogen) atoms. The quantitative estimate of drug-likeness (QED) is 0.737. The molecule has 1 saturated heterocycles. The molecule has 2 amide bonds. The summed E-state index contributed by atoms with van der Waals surface area (Å²) in [6.07, 6.45) is 7.61. The van der Waals surface area contributed by atoms with Crippen LogP contribution in [0.4, 0.5) is 0 Å². The van der Waals surface area contributed by atoms with Crippen molar-refractivity contribution in [2.75, 3.05) is 26.2 Å². The van der Waals surface area contributed by atoms with Crippen LogP contribution in [-0.2, 0) is 9.59 Å². The molecule has 0 radical (unpaired) electrons. The van der Waals surface area contributed by atoms with E-state index in [0.717, 1.165) is 44.6 Å². The highest BCUT2D eigenvalue weighted by atomic mass is 16.2. The van der Waals surface area contributed by atoms with Gasteiger partial charge in [-0.1, -0.05) is 13.0 Å². The summed E-state index contributed by atoms with van der Waals surface area (Å²) in [6, 6.07) is 5.75. The van der Waals surface area contributed by atoms with E-state index in [1.165, 1.54) is 6.08 Å². The Morgan fingerprint density at radius 1 is 1.33 bits per heavy atom. The first kappa shape index (κ1) is 18.1. The lowest BCUT2D eigenvalue weighted by Crippen LogP contribution is -2.47. The predicted octanol–water partition coefficient (Wildman–Crippen LogP) is 1.20. The second-order valence-corrected chi connectivity index (χ2v) is 6.00. The highest BCUT2D eigenvalue weighted by Crippen LogP contribution is 2.10. The Kier molecular flexibility index (Phi) is 7.42. The molecular weight excluding hydrogens is 304 g/mol. The summed E-state index contributed by atoms with van der Waals surface area (Å²) in [5.41, 5.74) is 0.764. The summed E-state index contributed by atoms with van der Waals surface area (Å²) in [5.74, 6) is -0.0163. The number of hydrogen-bond donors (Lipinski definition) is 2. The molecule has 130 valence electrons. The van der Waals surface area contributed by atoms with Gasteiger partial charge in [-0.25, -0.2) is 0 Å². The summed E-state index contributed by atoms with van der Waals surface area (Å²) in [4.78, 5) is 30.0. The van der Waals surface area contributed by atoms with Crippen molar-refractivity contribution in [2.24, 2.45) is 0 Å². The average Bonchev–Trinajstić information content (AvgIpc) is 2.61. The van der Waals surface area contributed by atoms with E-state index < -0.39 is 0 Å². The fourth-order valence-corrected chi connectivity index (χ4v) is 2.64. The smallest absolute Gasteiger partial charge is 0.244 e. The van der Waals surface area contributed by atoms with Crippen LogP contribution >= 0.6 is 0 Å². The molecule has 0 unspecified atom stereocenters. The minimum atomic E-state index is -0.0974. The van der Waals surface area contributed by atoms with E-state index in [1.54, 1.807) is 12.3 Å². The normalized spacial score (nSPS) is 16.2. The molecule has 0 saturated carbocycles. The maximum absolute atomic E-state index is 12.0. The molecule has 1 aliphatic rings. The predicted molar refractivity (Wildman–Crippen MR) is 94.2 cm³/mol. The molecule has 0 aliphatic carbocycles. The van der Waals surface area contributed by atoms with Gasteiger partial charge in [-0.3, -0.25) is 19.5 Å². The summed E-state index contributed by atoms with van der Waals surface area (Å²) < 4.78 is 0. The van der Waals surface area contributed by atoms with Crippen molar-refractivity contribution in [3.8, 4) is 0 Å². The van der Waals surface area contributed by atoms with Crippen LogP contribution in [0.15, 0.2) is 30.5 Å². The van der Waals surface area contributed by atoms with Crippen LogP contribution in [0, 0.1) is 0 Å². The zero-order chi connectivity index (χ0) is 17.2. The van der Waals surface area contributed by atoms with Crippen molar-refractivity contribution >= 4 is 17.9 Å². The van der Waals surface area contributed by atoms with Crippen molar-refractivity contribution in [1.82, 2.24) is 20.5 Å². The number of piperidine rings is 1. The van der Waals surface area contributed by atoms with Crippen LogP contribution in [0.1, 0.15) is 31.9 Å². The SMILES string of the molecule is CCCNC(=O)CN1CCC(NC(=O)/C=C/c2ccccn2)CC1. The van der Waals surface area contributed by atoms with Gasteiger partial charge in [-0.05, 0) is 37.5 Å². The maximum atomic E-state index is 12.0. The molecule has 6 nitrogen and oxygen atoms in total. The molecule has 2 heterocycles. The van der Waals surface area contributed by atoms with Crippen LogP contribution in [0.2, 0.25) is 0 Å². The molecule has 2 rings (SSSR count). The van der Waals surface area contributed by atoms with Gasteiger partial charge in [0.2, 0.25) is 11.8 Å². The summed E-state index contributed by atoms with van der Waals surface area (Å²) in [7, 11) is 0. The lowest BCUT2D eigenvalue weighted by atomic mass is 10.0. The molecule has 1 aromatic rings. The Bertz CT molecular complexity index is 551. The average molecular weight is 330 g/mol. The maximum Gasteiger partial charge on any atom is 0.244 e. The van der Waals surface area contributed by atoms with E-state index in [1.807, 2.05) is 25.1 Å². The van der Waals surface area contributed by atoms with Gasteiger partial charge in [0.25, 0.3) is 0 Å². The summed E-state index contributed by atoms with van der Waals surface area (Å²) >= 11 is 0. The molecule has 6 heteroatoms. The third-order valence-electron chi connectivity index (χ3n) is 3.97. The Labute approximate surface area is 143 Å². The number of carbonyl (C=O) groups excluding carboxylic acids is 2. The first-order valence-corrected chi connectivity index (χ1v) is 8.56. The molecule has 1 fully saturated rings. The van der Waals surface area contributed by atoms with Gasteiger partial charge < -0.3 is 10.6 Å². The first-order chi connectivity index (χ1) is 11.7. The van der Waals surface area contributed by atoms with Crippen molar-refractivity contribution in [3.05, 3.63) is 36.2 Å². The van der Waals surface area contributed by atoms with Crippen molar-refractivity contribution in [1.29, 1.82) is 0 Å². The van der Waals surface area contributed by atoms with Crippen LogP contribution in [0.3, 0.4) is 0 Å². The van der Waals surface area contributed by atoms with Gasteiger partial charge in [0, 0.05) is 37.9 Å². The van der Waals surface area contributed by atoms with E-state index in [2.05, 4.69) is 20.5 Å². The Balaban J connectivity index is 1.68. The third-order valence-corrected chi connectivity index (χ3v) is 3.97. The third kappa shape index (κ3) is 6.50. The lowest BCUT2D eigenvalue weighted by Gasteiger charge is -2.31. The van der Waals surface area contributed by atoms with Gasteiger partial charge >= 0.3 is 0 Å². The molecule has 0 aromatic carbocycles. The number of carbonyl (C=O) groups is 2. The number of amides is 2. The molecule has 1 aromatic heterocycles. The topological polar surface area (TPSA) is 74.3 Å². The standard InChI is InChI=1S/C18H26N4O2/c1-2-10-20-18(24)14-22-12-8-16(9-13-22)21-17(23)7-6-15-5-3-4-11-19-15/h3-7,11,16H,2,8-10,12-14H2,1H3,(H,20,24)(H,21,23)/b7-6+. The fraction of sp³-hybridized carbons (Fsp3) is 0.500. The largest absolute Gasteiger partial charge is 0.355 e. The van der Waals surface area contributed by atoms with E-state index >= 15 is 0 Å². The minimum absolute atomic E-state index is 0.0811. The van der Waals surface area contributed by atoms with Crippen molar-refractivity contribution < 1.29 is 9.59 Å². The Morgan fingerprint density at radius 2 is 2.12 bits per heavy atom. The van der Waals surface area contributed by atoms with Gasteiger partial charge in [0.1, 0.15) is 0 Å². The number of pyridine rings is 1. The van der Waals surface area contributed by atoms with Crippen LogP contribution in [-0.4, -0.2) is 53.9 Å². The summed E-state index contributed by atoms with van der Waals surface area (Å²) in [6.45, 7) is 4.87. The lowest BCUT2D eigenvalue weighted by molar-refractivity contribution is -0.123. The van der Waals surface area contributed by atoms with E-state index in [0.29, 0.717) is 6.54 Å². The number of nitrogens with one attached hydrogen (secondary N) is 2. The number of nitrogens with zero attached hydrogens (tertiary/aromatic N) is 2. The molecule has 0 bridgehead atoms. The molecule has 0 atom stereocenters. The molecule has 2 N–H and O–H groups in total. The van der Waals surface area contributed by atoms with E-state index in [4.69, 9.17) is 0 Å². The van der Waals surface area contributed by atoms with E-state index in [9.17, 15) is 9.59 Å². The number of likely N-dealkylation sites (tertiary alicyclic amines) is 1. The highest BCUT2D eigenvalue weighted by Gasteiger charge is 2.21. The van der Waals surface area contributed by atoms with Gasteiger partial charge in [0.15, 0.2) is 0 Å². The second-order valence-electron chi connectivity index (χ2n) is 6.00. The molecule has 0 spiro atoms. The van der Waals surface area contributed by atoms with Gasteiger partial charge in [-0.2, -0.15) is 0 Å². The van der Waals surface area contributed by atoms with Crippen LogP contribution < -0.4 is 10.6 Å². The Morgan fingerprint density at radius 3 is 2.79 bits per heavy atom. The van der Waals surface area contributed by atoms with Crippen LogP contribution in [0.25, 0.3) is 6.08 Å². The monoisotopic (exact) mass is 330 g/mol. The second kappa shape index (κ2) is 9.82.